The first-order valence-corrected chi connectivity index (χ1v) is 8.58. The highest BCUT2D eigenvalue weighted by Gasteiger charge is 2.29. The van der Waals surface area contributed by atoms with Crippen LogP contribution in [-0.4, -0.2) is 42.3 Å². The number of halogens is 1. The van der Waals surface area contributed by atoms with E-state index in [2.05, 4.69) is 5.32 Å². The average molecular weight is 370 g/mol. The van der Waals surface area contributed by atoms with Gasteiger partial charge in [0.25, 0.3) is 5.91 Å². The van der Waals surface area contributed by atoms with E-state index in [1.165, 1.54) is 17.0 Å². The van der Waals surface area contributed by atoms with Gasteiger partial charge in [-0.05, 0) is 30.2 Å². The Hall–Kier alpha value is -3.22. The predicted molar refractivity (Wildman–Crippen MR) is 95.9 cm³/mol. The number of carbonyl (C=O) groups excluding carboxylic acids is 3. The maximum Gasteiger partial charge on any atom is 0.407 e. The Morgan fingerprint density at radius 3 is 2.74 bits per heavy atom. The minimum atomic E-state index is -0.677. The summed E-state index contributed by atoms with van der Waals surface area (Å²) in [4.78, 5) is 36.7. The zero-order valence-electron chi connectivity index (χ0n) is 14.6. The van der Waals surface area contributed by atoms with Gasteiger partial charge in [0.1, 0.15) is 18.7 Å². The Kier molecular flexibility index (Phi) is 5.80. The van der Waals surface area contributed by atoms with Gasteiger partial charge in [-0.2, -0.15) is 0 Å². The van der Waals surface area contributed by atoms with E-state index < -0.39 is 17.8 Å². The van der Waals surface area contributed by atoms with Crippen LogP contribution in [0.15, 0.2) is 48.5 Å². The first-order valence-electron chi connectivity index (χ1n) is 8.58. The van der Waals surface area contributed by atoms with Gasteiger partial charge in [0.05, 0.1) is 11.6 Å². The summed E-state index contributed by atoms with van der Waals surface area (Å²) in [6.07, 6.45) is 0.543. The number of aldehydes is 1. The highest BCUT2D eigenvalue weighted by atomic mass is 19.1. The molecule has 0 aliphatic carbocycles. The number of amides is 2. The number of carbonyl (C=O) groups is 3. The van der Waals surface area contributed by atoms with E-state index in [4.69, 9.17) is 4.74 Å². The van der Waals surface area contributed by atoms with Crippen LogP contribution in [0.1, 0.15) is 32.7 Å². The lowest BCUT2D eigenvalue weighted by molar-refractivity contribution is 0.0782. The van der Waals surface area contributed by atoms with E-state index >= 15 is 0 Å². The highest BCUT2D eigenvalue weighted by molar-refractivity contribution is 5.96. The van der Waals surface area contributed by atoms with Gasteiger partial charge in [-0.3, -0.25) is 9.59 Å². The number of nitrogens with one attached hydrogen (secondary N) is 1. The van der Waals surface area contributed by atoms with Crippen LogP contribution in [0.5, 0.6) is 0 Å². The summed E-state index contributed by atoms with van der Waals surface area (Å²) >= 11 is 0. The molecule has 1 atom stereocenters. The Morgan fingerprint density at radius 1 is 1.22 bits per heavy atom. The smallest absolute Gasteiger partial charge is 0.407 e. The van der Waals surface area contributed by atoms with Crippen LogP contribution >= 0.6 is 0 Å². The molecule has 0 aromatic heterocycles. The molecule has 0 radical (unpaired) electrons. The Balaban J connectivity index is 1.53. The molecule has 2 amide bonds. The number of hydrogen-bond acceptors (Lipinski definition) is 4. The van der Waals surface area contributed by atoms with Crippen molar-refractivity contribution in [2.75, 3.05) is 13.1 Å². The van der Waals surface area contributed by atoms with Crippen LogP contribution in [0.4, 0.5) is 9.18 Å². The maximum atomic E-state index is 13.9. The van der Waals surface area contributed by atoms with Crippen LogP contribution in [0, 0.1) is 5.82 Å². The molecule has 0 unspecified atom stereocenters. The normalized spacial score (nSPS) is 16.0. The molecular weight excluding hydrogens is 351 g/mol. The zero-order chi connectivity index (χ0) is 19.2. The topological polar surface area (TPSA) is 75.7 Å². The van der Waals surface area contributed by atoms with Gasteiger partial charge in [0.2, 0.25) is 0 Å². The molecule has 7 heteroatoms. The summed E-state index contributed by atoms with van der Waals surface area (Å²) in [5.74, 6) is -1.18. The van der Waals surface area contributed by atoms with E-state index in [0.717, 1.165) is 11.6 Å². The molecule has 0 bridgehead atoms. The van der Waals surface area contributed by atoms with Crippen LogP contribution in [0.25, 0.3) is 0 Å². The second kappa shape index (κ2) is 8.44. The molecule has 1 fully saturated rings. The monoisotopic (exact) mass is 370 g/mol. The van der Waals surface area contributed by atoms with Crippen LogP contribution in [-0.2, 0) is 11.3 Å². The lowest BCUT2D eigenvalue weighted by Gasteiger charge is -2.17. The van der Waals surface area contributed by atoms with Crippen molar-refractivity contribution in [2.45, 2.75) is 19.1 Å². The van der Waals surface area contributed by atoms with Crippen molar-refractivity contribution in [1.29, 1.82) is 0 Å². The first-order chi connectivity index (χ1) is 13.1. The second-order valence-electron chi connectivity index (χ2n) is 6.30. The average Bonchev–Trinajstić information content (AvgIpc) is 3.15. The fourth-order valence-corrected chi connectivity index (χ4v) is 2.94. The third-order valence-electron chi connectivity index (χ3n) is 4.37. The van der Waals surface area contributed by atoms with Gasteiger partial charge >= 0.3 is 6.09 Å². The molecular formula is C20H19FN2O4. The number of alkyl carbamates (subject to hydrolysis) is 1. The number of benzene rings is 2. The molecule has 0 saturated carbocycles. The molecule has 3 rings (SSSR count). The lowest BCUT2D eigenvalue weighted by atomic mass is 10.1. The van der Waals surface area contributed by atoms with Crippen LogP contribution in [0.3, 0.4) is 0 Å². The summed E-state index contributed by atoms with van der Waals surface area (Å²) in [6, 6.07) is 12.7. The number of rotatable bonds is 5. The molecule has 1 heterocycles. The Morgan fingerprint density at radius 2 is 2.00 bits per heavy atom. The maximum absolute atomic E-state index is 13.9. The lowest BCUT2D eigenvalue weighted by Crippen LogP contribution is -2.38. The zero-order valence-corrected chi connectivity index (χ0v) is 14.6. The quantitative estimate of drug-likeness (QED) is 0.821. The largest absolute Gasteiger partial charge is 0.445 e. The Bertz CT molecular complexity index is 841. The summed E-state index contributed by atoms with van der Waals surface area (Å²) in [5.41, 5.74) is 0.964. The number of likely N-dealkylation sites (tertiary alicyclic amines) is 1. The van der Waals surface area contributed by atoms with Crippen LogP contribution in [0.2, 0.25) is 0 Å². The summed E-state index contributed by atoms with van der Waals surface area (Å²) < 4.78 is 19.1. The second-order valence-corrected chi connectivity index (χ2v) is 6.30. The summed E-state index contributed by atoms with van der Waals surface area (Å²) in [6.45, 7) is 0.795. The van der Waals surface area contributed by atoms with Crippen molar-refractivity contribution in [2.24, 2.45) is 0 Å². The molecule has 2 aromatic rings. The van der Waals surface area contributed by atoms with Crippen molar-refractivity contribution >= 4 is 18.3 Å². The molecule has 1 N–H and O–H groups in total. The van der Waals surface area contributed by atoms with Crippen molar-refractivity contribution in [3.05, 3.63) is 71.0 Å². The van der Waals surface area contributed by atoms with Crippen molar-refractivity contribution < 1.29 is 23.5 Å². The van der Waals surface area contributed by atoms with E-state index in [1.807, 2.05) is 30.3 Å². The molecule has 0 spiro atoms. The Labute approximate surface area is 155 Å². The predicted octanol–water partition coefficient (Wildman–Crippen LogP) is 2.78. The SMILES string of the molecule is O=Cc1ccc(F)c(C(=O)N2CC[C@@H](NC(=O)OCc3ccccc3)C2)c1. The minimum Gasteiger partial charge on any atom is -0.445 e. The highest BCUT2D eigenvalue weighted by Crippen LogP contribution is 2.17. The molecule has 6 nitrogen and oxygen atoms in total. The minimum absolute atomic E-state index is 0.146. The van der Waals surface area contributed by atoms with Crippen molar-refractivity contribution in [3.8, 4) is 0 Å². The van der Waals surface area contributed by atoms with Crippen molar-refractivity contribution in [3.63, 3.8) is 0 Å². The molecule has 1 aliphatic rings. The number of nitrogens with zero attached hydrogens (tertiary/aromatic N) is 1. The van der Waals surface area contributed by atoms with Gasteiger partial charge in [-0.25, -0.2) is 9.18 Å². The summed E-state index contributed by atoms with van der Waals surface area (Å²) in [7, 11) is 0. The van der Waals surface area contributed by atoms with E-state index in [-0.39, 0.29) is 30.3 Å². The van der Waals surface area contributed by atoms with Crippen molar-refractivity contribution in [1.82, 2.24) is 10.2 Å². The van der Waals surface area contributed by atoms with Gasteiger partial charge in [0.15, 0.2) is 0 Å². The third kappa shape index (κ3) is 4.69. The fraction of sp³-hybridized carbons (Fsp3) is 0.250. The molecule has 1 aliphatic heterocycles. The van der Waals surface area contributed by atoms with E-state index in [0.29, 0.717) is 19.3 Å². The van der Waals surface area contributed by atoms with Gasteiger partial charge < -0.3 is 15.0 Å². The summed E-state index contributed by atoms with van der Waals surface area (Å²) in [5, 5.41) is 2.72. The standard InChI is InChI=1S/C20H19FN2O4/c21-18-7-6-15(12-24)10-17(18)19(25)23-9-8-16(11-23)22-20(26)27-13-14-4-2-1-3-5-14/h1-7,10,12,16H,8-9,11,13H2,(H,22,26)/t16-/m1/s1. The van der Waals surface area contributed by atoms with Gasteiger partial charge in [0, 0.05) is 18.7 Å². The fourth-order valence-electron chi connectivity index (χ4n) is 2.94. The molecule has 1 saturated heterocycles. The first kappa shape index (κ1) is 18.6. The number of ether oxygens (including phenoxy) is 1. The molecule has 140 valence electrons. The molecule has 2 aromatic carbocycles. The van der Waals surface area contributed by atoms with E-state index in [9.17, 15) is 18.8 Å². The number of hydrogen-bond donors (Lipinski definition) is 1. The van der Waals surface area contributed by atoms with E-state index in [1.54, 1.807) is 0 Å². The van der Waals surface area contributed by atoms with Crippen LogP contribution < -0.4 is 5.32 Å². The third-order valence-corrected chi connectivity index (χ3v) is 4.37. The molecule has 27 heavy (non-hydrogen) atoms. The van der Waals surface area contributed by atoms with Gasteiger partial charge in [-0.15, -0.1) is 0 Å². The van der Waals surface area contributed by atoms with Gasteiger partial charge in [-0.1, -0.05) is 30.3 Å².